The first-order chi connectivity index (χ1) is 10.3. The second-order valence-corrected chi connectivity index (χ2v) is 6.93. The van der Waals surface area contributed by atoms with Gasteiger partial charge in [0.25, 0.3) is 0 Å². The highest BCUT2D eigenvalue weighted by atomic mass is 127. The summed E-state index contributed by atoms with van der Waals surface area (Å²) in [5, 5.41) is 12.3. The maximum atomic E-state index is 11.7. The number of hydrogen-bond donors (Lipinski definition) is 3. The van der Waals surface area contributed by atoms with Crippen molar-refractivity contribution >= 4 is 47.2 Å². The van der Waals surface area contributed by atoms with E-state index in [1.807, 2.05) is 20.8 Å². The Labute approximate surface area is 160 Å². The number of aliphatic imine (C=N–C) groups is 1. The van der Waals surface area contributed by atoms with Crippen LogP contribution in [0.1, 0.15) is 38.4 Å². The van der Waals surface area contributed by atoms with Crippen LogP contribution in [0.15, 0.2) is 10.4 Å². The van der Waals surface area contributed by atoms with Crippen LogP contribution in [0.2, 0.25) is 0 Å². The van der Waals surface area contributed by atoms with E-state index in [1.165, 1.54) is 0 Å². The Kier molecular flexibility index (Phi) is 10.4. The van der Waals surface area contributed by atoms with Crippen LogP contribution in [0.3, 0.4) is 0 Å². The molecular formula is C15H28IN5OS. The van der Waals surface area contributed by atoms with Gasteiger partial charge in [-0.3, -0.25) is 9.79 Å². The molecule has 1 aromatic rings. The van der Waals surface area contributed by atoms with Crippen molar-refractivity contribution in [1.82, 2.24) is 20.9 Å². The summed E-state index contributed by atoms with van der Waals surface area (Å²) >= 11 is 1.70. The van der Waals surface area contributed by atoms with Gasteiger partial charge in [-0.05, 0) is 27.2 Å². The molecule has 0 saturated heterocycles. The van der Waals surface area contributed by atoms with E-state index >= 15 is 0 Å². The van der Waals surface area contributed by atoms with E-state index in [9.17, 15) is 4.79 Å². The summed E-state index contributed by atoms with van der Waals surface area (Å²) < 4.78 is 0. The first kappa shape index (κ1) is 22.1. The van der Waals surface area contributed by atoms with Crippen LogP contribution in [-0.4, -0.2) is 42.5 Å². The number of nitrogens with one attached hydrogen (secondary N) is 3. The molecule has 0 atom stereocenters. The number of halogens is 1. The molecule has 1 aromatic heterocycles. The van der Waals surface area contributed by atoms with Crippen LogP contribution in [0.25, 0.3) is 0 Å². The monoisotopic (exact) mass is 453 g/mol. The van der Waals surface area contributed by atoms with Gasteiger partial charge in [-0.15, -0.1) is 35.3 Å². The summed E-state index contributed by atoms with van der Waals surface area (Å²) in [4.78, 5) is 20.4. The van der Waals surface area contributed by atoms with Gasteiger partial charge in [-0.25, -0.2) is 4.98 Å². The lowest BCUT2D eigenvalue weighted by molar-refractivity contribution is -0.121. The SMILES string of the molecule is CCc1nc(CCNC(=NC)NCC(=O)NC(C)(C)C)cs1.I. The summed E-state index contributed by atoms with van der Waals surface area (Å²) in [6, 6.07) is 0. The van der Waals surface area contributed by atoms with E-state index in [2.05, 4.69) is 38.2 Å². The minimum absolute atomic E-state index is 0. The molecular weight excluding hydrogens is 425 g/mol. The van der Waals surface area contributed by atoms with Crippen LogP contribution in [0, 0.1) is 0 Å². The van der Waals surface area contributed by atoms with Crippen molar-refractivity contribution in [3.05, 3.63) is 16.1 Å². The fourth-order valence-corrected chi connectivity index (χ4v) is 2.56. The summed E-state index contributed by atoms with van der Waals surface area (Å²) in [5.74, 6) is 0.567. The highest BCUT2D eigenvalue weighted by Gasteiger charge is 2.13. The number of carbonyl (C=O) groups excluding carboxylic acids is 1. The Balaban J connectivity index is 0.00000484. The van der Waals surface area contributed by atoms with Gasteiger partial charge in [-0.1, -0.05) is 6.92 Å². The molecule has 1 heterocycles. The van der Waals surface area contributed by atoms with Gasteiger partial charge in [-0.2, -0.15) is 0 Å². The van der Waals surface area contributed by atoms with Crippen molar-refractivity contribution in [2.24, 2.45) is 4.99 Å². The Morgan fingerprint density at radius 2 is 2.04 bits per heavy atom. The molecule has 0 saturated carbocycles. The predicted molar refractivity (Wildman–Crippen MR) is 108 cm³/mol. The zero-order valence-electron chi connectivity index (χ0n) is 14.5. The maximum Gasteiger partial charge on any atom is 0.239 e. The molecule has 1 amide bonds. The number of guanidine groups is 1. The lowest BCUT2D eigenvalue weighted by atomic mass is 10.1. The summed E-state index contributed by atoms with van der Waals surface area (Å²) in [5.41, 5.74) is 0.868. The van der Waals surface area contributed by atoms with Gasteiger partial charge < -0.3 is 16.0 Å². The lowest BCUT2D eigenvalue weighted by Crippen LogP contribution is -2.48. The number of hydrogen-bond acceptors (Lipinski definition) is 4. The maximum absolute atomic E-state index is 11.7. The molecule has 0 bridgehead atoms. The highest BCUT2D eigenvalue weighted by Crippen LogP contribution is 2.10. The van der Waals surface area contributed by atoms with E-state index in [0.717, 1.165) is 30.1 Å². The quantitative estimate of drug-likeness (QED) is 0.350. The number of aryl methyl sites for hydroxylation is 1. The molecule has 0 aliphatic rings. The number of carbonyl (C=O) groups is 1. The first-order valence-corrected chi connectivity index (χ1v) is 8.41. The van der Waals surface area contributed by atoms with Crippen LogP contribution in [0.4, 0.5) is 0 Å². The number of aromatic nitrogens is 1. The number of amides is 1. The summed E-state index contributed by atoms with van der Waals surface area (Å²) in [6.45, 7) is 8.90. The Hall–Kier alpha value is -0.900. The van der Waals surface area contributed by atoms with Crippen LogP contribution in [-0.2, 0) is 17.6 Å². The largest absolute Gasteiger partial charge is 0.356 e. The Morgan fingerprint density at radius 3 is 2.57 bits per heavy atom. The fourth-order valence-electron chi connectivity index (χ4n) is 1.78. The van der Waals surface area contributed by atoms with Gasteiger partial charge in [0.05, 0.1) is 17.2 Å². The van der Waals surface area contributed by atoms with Crippen molar-refractivity contribution in [1.29, 1.82) is 0 Å². The third-order valence-corrected chi connectivity index (χ3v) is 3.77. The van der Waals surface area contributed by atoms with E-state index in [0.29, 0.717) is 5.96 Å². The van der Waals surface area contributed by atoms with Crippen LogP contribution < -0.4 is 16.0 Å². The summed E-state index contributed by atoms with van der Waals surface area (Å²) in [7, 11) is 1.69. The van der Waals surface area contributed by atoms with Crippen molar-refractivity contribution in [2.45, 2.75) is 46.1 Å². The van der Waals surface area contributed by atoms with Gasteiger partial charge in [0.2, 0.25) is 5.91 Å². The second-order valence-electron chi connectivity index (χ2n) is 5.99. The van der Waals surface area contributed by atoms with Crippen molar-refractivity contribution in [3.8, 4) is 0 Å². The lowest BCUT2D eigenvalue weighted by Gasteiger charge is -2.21. The molecule has 0 unspecified atom stereocenters. The van der Waals surface area contributed by atoms with Gasteiger partial charge in [0.15, 0.2) is 5.96 Å². The first-order valence-electron chi connectivity index (χ1n) is 7.53. The molecule has 0 aliphatic carbocycles. The predicted octanol–water partition coefficient (Wildman–Crippen LogP) is 1.95. The van der Waals surface area contributed by atoms with E-state index < -0.39 is 0 Å². The van der Waals surface area contributed by atoms with E-state index in [1.54, 1.807) is 18.4 Å². The molecule has 0 radical (unpaired) electrons. The number of nitrogens with zero attached hydrogens (tertiary/aromatic N) is 2. The topological polar surface area (TPSA) is 78.4 Å². The molecule has 23 heavy (non-hydrogen) atoms. The van der Waals surface area contributed by atoms with Crippen molar-refractivity contribution in [2.75, 3.05) is 20.1 Å². The average molecular weight is 453 g/mol. The number of thiazole rings is 1. The standard InChI is InChI=1S/C15H27N5OS.HI/c1-6-13-19-11(10-22-13)7-8-17-14(16-5)18-9-12(21)20-15(2,3)4;/h10H,6-9H2,1-5H3,(H,20,21)(H2,16,17,18);1H. The number of rotatable bonds is 6. The Bertz CT molecular complexity index is 510. The van der Waals surface area contributed by atoms with Crippen LogP contribution >= 0.6 is 35.3 Å². The fraction of sp³-hybridized carbons (Fsp3) is 0.667. The molecule has 3 N–H and O–H groups in total. The third-order valence-electron chi connectivity index (χ3n) is 2.73. The highest BCUT2D eigenvalue weighted by molar-refractivity contribution is 14.0. The molecule has 1 rings (SSSR count). The molecule has 8 heteroatoms. The van der Waals surface area contributed by atoms with Crippen molar-refractivity contribution in [3.63, 3.8) is 0 Å². The van der Waals surface area contributed by atoms with Gasteiger partial charge >= 0.3 is 0 Å². The molecule has 0 aliphatic heterocycles. The molecule has 0 spiro atoms. The second kappa shape index (κ2) is 10.8. The Morgan fingerprint density at radius 1 is 1.35 bits per heavy atom. The molecule has 0 fully saturated rings. The average Bonchev–Trinajstić information content (AvgIpc) is 2.88. The van der Waals surface area contributed by atoms with Crippen LogP contribution in [0.5, 0.6) is 0 Å². The summed E-state index contributed by atoms with van der Waals surface area (Å²) in [6.07, 6.45) is 1.82. The molecule has 0 aromatic carbocycles. The van der Waals surface area contributed by atoms with Gasteiger partial charge in [0, 0.05) is 30.9 Å². The smallest absolute Gasteiger partial charge is 0.239 e. The molecule has 132 valence electrons. The van der Waals surface area contributed by atoms with E-state index in [-0.39, 0.29) is 42.0 Å². The zero-order chi connectivity index (χ0) is 16.6. The van der Waals surface area contributed by atoms with Crippen molar-refractivity contribution < 1.29 is 4.79 Å². The van der Waals surface area contributed by atoms with Gasteiger partial charge in [0.1, 0.15) is 0 Å². The minimum Gasteiger partial charge on any atom is -0.356 e. The zero-order valence-corrected chi connectivity index (χ0v) is 17.7. The van der Waals surface area contributed by atoms with E-state index in [4.69, 9.17) is 0 Å². The molecule has 6 nitrogen and oxygen atoms in total. The third kappa shape index (κ3) is 9.75. The minimum atomic E-state index is -0.225. The normalized spacial score (nSPS) is 11.6.